The molecule has 2 heteroatoms. The van der Waals surface area contributed by atoms with Crippen LogP contribution in [0.2, 0.25) is 0 Å². The molecule has 2 nitrogen and oxygen atoms in total. The van der Waals surface area contributed by atoms with Gasteiger partial charge in [0.15, 0.2) is 0 Å². The SMILES string of the molecule is C=C(CCCC(C)(C(=C)CCC)c1ccccc1)NCCNC. The fourth-order valence-electron chi connectivity index (χ4n) is 3.02. The lowest BCUT2D eigenvalue weighted by molar-refractivity contribution is 0.468. The number of allylic oxidation sites excluding steroid dienone is 2. The number of likely N-dealkylation sites (N-methyl/N-ethyl adjacent to an activating group) is 1. The Morgan fingerprint density at radius 3 is 2.39 bits per heavy atom. The van der Waals surface area contributed by atoms with E-state index >= 15 is 0 Å². The Morgan fingerprint density at radius 2 is 1.78 bits per heavy atom. The van der Waals surface area contributed by atoms with Gasteiger partial charge in [-0.15, -0.1) is 0 Å². The smallest absolute Gasteiger partial charge is 0.0268 e. The summed E-state index contributed by atoms with van der Waals surface area (Å²) in [5, 5.41) is 6.52. The van der Waals surface area contributed by atoms with E-state index in [2.05, 4.69) is 68.0 Å². The highest BCUT2D eigenvalue weighted by Gasteiger charge is 2.28. The molecule has 0 saturated carbocycles. The molecule has 0 aliphatic rings. The molecule has 0 bridgehead atoms. The second kappa shape index (κ2) is 10.3. The van der Waals surface area contributed by atoms with Gasteiger partial charge in [-0.1, -0.05) is 69.3 Å². The van der Waals surface area contributed by atoms with Crippen LogP contribution in [0.3, 0.4) is 0 Å². The van der Waals surface area contributed by atoms with Gasteiger partial charge in [0.25, 0.3) is 0 Å². The van der Waals surface area contributed by atoms with Crippen LogP contribution in [0.5, 0.6) is 0 Å². The molecule has 0 fully saturated rings. The molecule has 1 aromatic rings. The molecule has 2 N–H and O–H groups in total. The second-order valence-corrected chi connectivity index (χ2v) is 6.54. The predicted octanol–water partition coefficient (Wildman–Crippen LogP) is 4.79. The Hall–Kier alpha value is -1.54. The van der Waals surface area contributed by atoms with E-state index < -0.39 is 0 Å². The fraction of sp³-hybridized carbons (Fsp3) is 0.524. The average molecular weight is 315 g/mol. The standard InChI is InChI=1S/C21H34N2/c1-6-11-18(2)21(4,20-13-8-7-9-14-20)15-10-12-19(3)23-17-16-22-5/h7-9,13-14,22-23H,2-3,6,10-12,15-17H2,1,4-5H3. The van der Waals surface area contributed by atoms with Crippen LogP contribution in [0.25, 0.3) is 0 Å². The lowest BCUT2D eigenvalue weighted by atomic mass is 9.71. The lowest BCUT2D eigenvalue weighted by Gasteiger charge is -2.33. The Morgan fingerprint density at radius 1 is 1.09 bits per heavy atom. The van der Waals surface area contributed by atoms with Crippen molar-refractivity contribution in [2.24, 2.45) is 0 Å². The zero-order valence-electron chi connectivity index (χ0n) is 15.3. The molecule has 0 aromatic heterocycles. The summed E-state index contributed by atoms with van der Waals surface area (Å²) in [4.78, 5) is 0. The van der Waals surface area contributed by atoms with Gasteiger partial charge in [-0.25, -0.2) is 0 Å². The van der Waals surface area contributed by atoms with Gasteiger partial charge in [-0.3, -0.25) is 0 Å². The molecular formula is C21H34N2. The quantitative estimate of drug-likeness (QED) is 0.428. The van der Waals surface area contributed by atoms with Gasteiger partial charge >= 0.3 is 0 Å². The van der Waals surface area contributed by atoms with Crippen LogP contribution in [-0.4, -0.2) is 20.1 Å². The van der Waals surface area contributed by atoms with Crippen LogP contribution >= 0.6 is 0 Å². The molecule has 0 spiro atoms. The minimum atomic E-state index is 0.0581. The number of hydrogen-bond acceptors (Lipinski definition) is 2. The van der Waals surface area contributed by atoms with E-state index in [1.165, 1.54) is 11.1 Å². The van der Waals surface area contributed by atoms with Crippen LogP contribution < -0.4 is 10.6 Å². The van der Waals surface area contributed by atoms with Crippen LogP contribution in [0.4, 0.5) is 0 Å². The summed E-state index contributed by atoms with van der Waals surface area (Å²) in [5.74, 6) is 0. The molecule has 0 heterocycles. The largest absolute Gasteiger partial charge is 0.388 e. The highest BCUT2D eigenvalue weighted by atomic mass is 14.9. The van der Waals surface area contributed by atoms with E-state index in [1.54, 1.807) is 0 Å². The molecule has 0 aliphatic heterocycles. The fourth-order valence-corrected chi connectivity index (χ4v) is 3.02. The van der Waals surface area contributed by atoms with Crippen molar-refractivity contribution >= 4 is 0 Å². The number of hydrogen-bond donors (Lipinski definition) is 2. The first-order valence-electron chi connectivity index (χ1n) is 8.84. The summed E-state index contributed by atoms with van der Waals surface area (Å²) in [5.41, 5.74) is 3.92. The van der Waals surface area contributed by atoms with Crippen molar-refractivity contribution in [1.29, 1.82) is 0 Å². The van der Waals surface area contributed by atoms with Gasteiger partial charge in [0, 0.05) is 24.2 Å². The number of nitrogens with one attached hydrogen (secondary N) is 2. The third-order valence-electron chi connectivity index (χ3n) is 4.65. The van der Waals surface area contributed by atoms with Crippen LogP contribution in [0, 0.1) is 0 Å². The molecule has 0 radical (unpaired) electrons. The lowest BCUT2D eigenvalue weighted by Crippen LogP contribution is -2.26. The van der Waals surface area contributed by atoms with E-state index in [1.807, 2.05) is 7.05 Å². The van der Waals surface area contributed by atoms with Crippen molar-refractivity contribution in [3.63, 3.8) is 0 Å². The van der Waals surface area contributed by atoms with Crippen LogP contribution in [-0.2, 0) is 5.41 Å². The van der Waals surface area contributed by atoms with Gasteiger partial charge in [-0.05, 0) is 38.3 Å². The van der Waals surface area contributed by atoms with E-state index in [9.17, 15) is 0 Å². The van der Waals surface area contributed by atoms with Crippen molar-refractivity contribution in [3.05, 3.63) is 60.3 Å². The summed E-state index contributed by atoms with van der Waals surface area (Å²) in [6.45, 7) is 15.0. The molecule has 128 valence electrons. The molecular weight excluding hydrogens is 280 g/mol. The highest BCUT2D eigenvalue weighted by Crippen LogP contribution is 2.38. The third-order valence-corrected chi connectivity index (χ3v) is 4.65. The van der Waals surface area contributed by atoms with Crippen molar-refractivity contribution in [2.75, 3.05) is 20.1 Å². The Bertz CT molecular complexity index is 478. The Kier molecular flexibility index (Phi) is 8.71. The number of benzene rings is 1. The normalized spacial score (nSPS) is 13.3. The van der Waals surface area contributed by atoms with Gasteiger partial charge in [0.1, 0.15) is 0 Å². The zero-order chi connectivity index (χ0) is 17.1. The molecule has 0 saturated heterocycles. The molecule has 1 unspecified atom stereocenters. The molecule has 0 amide bonds. The van der Waals surface area contributed by atoms with Crippen LogP contribution in [0.1, 0.15) is 51.5 Å². The maximum atomic E-state index is 4.41. The molecule has 1 rings (SSSR count). The van der Waals surface area contributed by atoms with E-state index in [4.69, 9.17) is 0 Å². The zero-order valence-corrected chi connectivity index (χ0v) is 15.3. The summed E-state index contributed by atoms with van der Waals surface area (Å²) in [7, 11) is 1.97. The average Bonchev–Trinajstić information content (AvgIpc) is 2.56. The highest BCUT2D eigenvalue weighted by molar-refractivity contribution is 5.34. The molecule has 1 aromatic carbocycles. The van der Waals surface area contributed by atoms with Gasteiger partial charge in [0.2, 0.25) is 0 Å². The summed E-state index contributed by atoms with van der Waals surface area (Å²) >= 11 is 0. The van der Waals surface area contributed by atoms with Gasteiger partial charge < -0.3 is 10.6 Å². The predicted molar refractivity (Wildman–Crippen MR) is 103 cm³/mol. The first-order chi connectivity index (χ1) is 11.0. The molecule has 23 heavy (non-hydrogen) atoms. The third kappa shape index (κ3) is 6.23. The van der Waals surface area contributed by atoms with E-state index in [-0.39, 0.29) is 5.41 Å². The van der Waals surface area contributed by atoms with Crippen molar-refractivity contribution in [2.45, 2.75) is 51.4 Å². The maximum Gasteiger partial charge on any atom is 0.0268 e. The van der Waals surface area contributed by atoms with Crippen molar-refractivity contribution in [1.82, 2.24) is 10.6 Å². The minimum Gasteiger partial charge on any atom is -0.388 e. The summed E-state index contributed by atoms with van der Waals surface area (Å²) < 4.78 is 0. The molecule has 1 atom stereocenters. The first-order valence-corrected chi connectivity index (χ1v) is 8.84. The monoisotopic (exact) mass is 314 g/mol. The summed E-state index contributed by atoms with van der Waals surface area (Å²) in [6, 6.07) is 10.8. The van der Waals surface area contributed by atoms with Crippen molar-refractivity contribution < 1.29 is 0 Å². The molecule has 0 aliphatic carbocycles. The maximum absolute atomic E-state index is 4.41. The van der Waals surface area contributed by atoms with Crippen LogP contribution in [0.15, 0.2) is 54.8 Å². The topological polar surface area (TPSA) is 24.1 Å². The number of rotatable bonds is 12. The minimum absolute atomic E-state index is 0.0581. The van der Waals surface area contributed by atoms with Crippen molar-refractivity contribution in [3.8, 4) is 0 Å². The Labute approximate surface area is 143 Å². The van der Waals surface area contributed by atoms with Gasteiger partial charge in [-0.2, -0.15) is 0 Å². The Balaban J connectivity index is 2.64. The first kappa shape index (κ1) is 19.5. The summed E-state index contributed by atoms with van der Waals surface area (Å²) in [6.07, 6.45) is 5.50. The second-order valence-electron chi connectivity index (χ2n) is 6.54. The van der Waals surface area contributed by atoms with E-state index in [0.29, 0.717) is 0 Å². The van der Waals surface area contributed by atoms with Gasteiger partial charge in [0.05, 0.1) is 0 Å². The van der Waals surface area contributed by atoms with E-state index in [0.717, 1.165) is 50.9 Å².